The maximum absolute atomic E-state index is 12.0. The van der Waals surface area contributed by atoms with Gasteiger partial charge in [0.25, 0.3) is 15.9 Å². The Morgan fingerprint density at radius 2 is 2.00 bits per heavy atom. The number of benzene rings is 1. The van der Waals surface area contributed by atoms with E-state index in [4.69, 9.17) is 5.26 Å². The van der Waals surface area contributed by atoms with Gasteiger partial charge < -0.3 is 0 Å². The Hall–Kier alpha value is -1.87. The molecule has 0 radical (unpaired) electrons. The maximum atomic E-state index is 12.0. The molecule has 0 bridgehead atoms. The second-order valence-electron chi connectivity index (χ2n) is 5.08. The van der Waals surface area contributed by atoms with Crippen LogP contribution in [0.15, 0.2) is 18.2 Å². The molecule has 1 aromatic carbocycles. The second-order valence-corrected chi connectivity index (χ2v) is 7.49. The topological polar surface area (TPSA) is 78.2 Å². The van der Waals surface area contributed by atoms with Crippen LogP contribution in [0.3, 0.4) is 0 Å². The van der Waals surface area contributed by atoms with Crippen molar-refractivity contribution in [3.63, 3.8) is 0 Å². The summed E-state index contributed by atoms with van der Waals surface area (Å²) in [6.07, 6.45) is 0. The monoisotopic (exact) mass is 278 g/mol. The molecule has 5 nitrogen and oxygen atoms in total. The molecule has 1 aliphatic heterocycles. The third kappa shape index (κ3) is 1.81. The molecule has 0 atom stereocenters. The number of hydrogen-bond donors (Lipinski definition) is 0. The van der Waals surface area contributed by atoms with E-state index in [0.717, 1.165) is 15.4 Å². The third-order valence-electron chi connectivity index (χ3n) is 3.46. The lowest BCUT2D eigenvalue weighted by atomic mass is 10.1. The minimum atomic E-state index is -3.56. The first-order valence-electron chi connectivity index (χ1n) is 5.78. The van der Waals surface area contributed by atoms with Crippen LogP contribution in [0.5, 0.6) is 0 Å². The summed E-state index contributed by atoms with van der Waals surface area (Å²) in [6.45, 7) is 4.64. The van der Waals surface area contributed by atoms with Crippen molar-refractivity contribution in [3.8, 4) is 6.07 Å². The first kappa shape index (κ1) is 13.6. The van der Waals surface area contributed by atoms with Crippen molar-refractivity contribution in [2.75, 3.05) is 0 Å². The highest BCUT2D eigenvalue weighted by atomic mass is 32.2. The zero-order valence-corrected chi connectivity index (χ0v) is 11.8. The van der Waals surface area contributed by atoms with Gasteiger partial charge in [-0.2, -0.15) is 5.26 Å². The van der Waals surface area contributed by atoms with Crippen LogP contribution in [0.1, 0.15) is 30.5 Å². The van der Waals surface area contributed by atoms with E-state index < -0.39 is 20.7 Å². The van der Waals surface area contributed by atoms with Gasteiger partial charge in [0.2, 0.25) is 0 Å². The summed E-state index contributed by atoms with van der Waals surface area (Å²) < 4.78 is 23.5. The number of carbonyl (C=O) groups is 1. The van der Waals surface area contributed by atoms with E-state index in [2.05, 4.69) is 0 Å². The van der Waals surface area contributed by atoms with Crippen molar-refractivity contribution >= 4 is 15.9 Å². The van der Waals surface area contributed by atoms with Gasteiger partial charge in [0.1, 0.15) is 0 Å². The van der Waals surface area contributed by atoms with E-state index in [1.807, 2.05) is 6.07 Å². The number of rotatable bonds is 2. The number of aryl methyl sites for hydroxylation is 1. The lowest BCUT2D eigenvalue weighted by Crippen LogP contribution is -2.66. The van der Waals surface area contributed by atoms with Gasteiger partial charge in [0.15, 0.2) is 4.75 Å². The molecule has 1 saturated heterocycles. The van der Waals surface area contributed by atoms with Gasteiger partial charge in [-0.25, -0.2) is 12.7 Å². The Morgan fingerprint density at radius 3 is 2.47 bits per heavy atom. The highest BCUT2D eigenvalue weighted by molar-refractivity contribution is 7.94. The standard InChI is InChI=1S/C13H14N2O3S/c1-9-6-10(7-14)4-5-11(9)8-15-12(16)13(2,3)19(15,17)18/h4-6H,8H2,1-3H3. The quantitative estimate of drug-likeness (QED) is 0.817. The van der Waals surface area contributed by atoms with E-state index >= 15 is 0 Å². The lowest BCUT2D eigenvalue weighted by molar-refractivity contribution is -0.132. The fourth-order valence-corrected chi connectivity index (χ4v) is 3.52. The summed E-state index contributed by atoms with van der Waals surface area (Å²) in [5, 5.41) is 8.78. The SMILES string of the molecule is Cc1cc(C#N)ccc1CN1C(=O)C(C)(C)S1(=O)=O. The van der Waals surface area contributed by atoms with Gasteiger partial charge in [-0.15, -0.1) is 0 Å². The van der Waals surface area contributed by atoms with Gasteiger partial charge in [0, 0.05) is 0 Å². The van der Waals surface area contributed by atoms with Gasteiger partial charge in [-0.3, -0.25) is 4.79 Å². The highest BCUT2D eigenvalue weighted by Crippen LogP contribution is 2.36. The Balaban J connectivity index is 2.30. The minimum Gasteiger partial charge on any atom is -0.272 e. The van der Waals surface area contributed by atoms with Crippen LogP contribution in [0.25, 0.3) is 0 Å². The van der Waals surface area contributed by atoms with E-state index in [-0.39, 0.29) is 6.54 Å². The zero-order valence-electron chi connectivity index (χ0n) is 11.0. The molecule has 2 rings (SSSR count). The summed E-state index contributed by atoms with van der Waals surface area (Å²) in [5.41, 5.74) is 2.04. The molecule has 0 aromatic heterocycles. The van der Waals surface area contributed by atoms with Gasteiger partial charge in [-0.05, 0) is 44.0 Å². The summed E-state index contributed by atoms with van der Waals surface area (Å²) in [7, 11) is -3.56. The van der Waals surface area contributed by atoms with Crippen LogP contribution < -0.4 is 0 Å². The van der Waals surface area contributed by atoms with Crippen molar-refractivity contribution in [3.05, 3.63) is 34.9 Å². The van der Waals surface area contributed by atoms with Crippen molar-refractivity contribution in [2.24, 2.45) is 0 Å². The molecule has 0 spiro atoms. The maximum Gasteiger partial charge on any atom is 0.259 e. The lowest BCUT2D eigenvalue weighted by Gasteiger charge is -2.43. The van der Waals surface area contributed by atoms with Gasteiger partial charge >= 0.3 is 0 Å². The Kier molecular flexibility index (Phi) is 2.90. The molecular formula is C13H14N2O3S. The first-order chi connectivity index (χ1) is 8.71. The molecule has 1 aliphatic rings. The largest absolute Gasteiger partial charge is 0.272 e. The Labute approximate surface area is 112 Å². The number of amides is 1. The molecule has 1 aromatic rings. The van der Waals surface area contributed by atoms with Crippen LogP contribution in [-0.4, -0.2) is 23.4 Å². The van der Waals surface area contributed by atoms with Crippen LogP contribution in [-0.2, 0) is 21.4 Å². The van der Waals surface area contributed by atoms with E-state index in [1.165, 1.54) is 13.8 Å². The first-order valence-corrected chi connectivity index (χ1v) is 7.22. The molecule has 0 N–H and O–H groups in total. The Morgan fingerprint density at radius 1 is 1.37 bits per heavy atom. The number of nitrogens with zero attached hydrogens (tertiary/aromatic N) is 2. The van der Waals surface area contributed by atoms with Crippen LogP contribution in [0.2, 0.25) is 0 Å². The highest BCUT2D eigenvalue weighted by Gasteiger charge is 2.59. The number of carbonyl (C=O) groups excluding carboxylic acids is 1. The predicted octanol–water partition coefficient (Wildman–Crippen LogP) is 1.32. The molecule has 0 saturated carbocycles. The van der Waals surface area contributed by atoms with Crippen LogP contribution in [0.4, 0.5) is 0 Å². The molecule has 19 heavy (non-hydrogen) atoms. The molecular weight excluding hydrogens is 264 g/mol. The van der Waals surface area contributed by atoms with E-state index in [0.29, 0.717) is 5.56 Å². The third-order valence-corrected chi connectivity index (χ3v) is 5.80. The van der Waals surface area contributed by atoms with Crippen molar-refractivity contribution in [2.45, 2.75) is 32.1 Å². The van der Waals surface area contributed by atoms with Gasteiger partial charge in [-0.1, -0.05) is 6.07 Å². The van der Waals surface area contributed by atoms with Crippen molar-refractivity contribution in [1.82, 2.24) is 4.31 Å². The molecule has 0 unspecified atom stereocenters. The van der Waals surface area contributed by atoms with Crippen molar-refractivity contribution in [1.29, 1.82) is 5.26 Å². The fourth-order valence-electron chi connectivity index (χ4n) is 2.01. The number of sulfonamides is 1. The summed E-state index contributed by atoms with van der Waals surface area (Å²) in [6, 6.07) is 6.99. The predicted molar refractivity (Wildman–Crippen MR) is 69.4 cm³/mol. The summed E-state index contributed by atoms with van der Waals surface area (Å²) in [4.78, 5) is 11.8. The average molecular weight is 278 g/mol. The number of nitriles is 1. The van der Waals surface area contributed by atoms with Gasteiger partial charge in [0.05, 0.1) is 18.2 Å². The second kappa shape index (κ2) is 4.07. The molecule has 100 valence electrons. The van der Waals surface area contributed by atoms with E-state index in [1.54, 1.807) is 25.1 Å². The molecule has 1 amide bonds. The molecule has 1 heterocycles. The zero-order chi connectivity index (χ0) is 14.4. The van der Waals surface area contributed by atoms with E-state index in [9.17, 15) is 13.2 Å². The molecule has 6 heteroatoms. The summed E-state index contributed by atoms with van der Waals surface area (Å²) >= 11 is 0. The normalized spacial score (nSPS) is 19.7. The Bertz CT molecular complexity index is 699. The number of hydrogen-bond acceptors (Lipinski definition) is 4. The average Bonchev–Trinajstić information content (AvgIpc) is 2.35. The van der Waals surface area contributed by atoms with Crippen LogP contribution >= 0.6 is 0 Å². The summed E-state index contributed by atoms with van der Waals surface area (Å²) in [5.74, 6) is -0.392. The van der Waals surface area contributed by atoms with Crippen molar-refractivity contribution < 1.29 is 13.2 Å². The fraction of sp³-hybridized carbons (Fsp3) is 0.385. The molecule has 1 fully saturated rings. The smallest absolute Gasteiger partial charge is 0.259 e. The van der Waals surface area contributed by atoms with Crippen LogP contribution in [0, 0.1) is 18.3 Å². The molecule has 0 aliphatic carbocycles. The minimum absolute atomic E-state index is 0.0299.